The average molecular weight is 453 g/mol. The number of hydrazone groups is 1. The number of hydrogen-bond donors (Lipinski definition) is 4. The number of fused-ring (bicyclic) bond motifs is 1. The Morgan fingerprint density at radius 2 is 1.88 bits per heavy atom. The van der Waals surface area contributed by atoms with Gasteiger partial charge in [0.15, 0.2) is 22.3 Å². The predicted molar refractivity (Wildman–Crippen MR) is 117 cm³/mol. The van der Waals surface area contributed by atoms with E-state index >= 15 is 0 Å². The maximum Gasteiger partial charge on any atom is 0.356 e. The molecule has 0 aliphatic rings. The van der Waals surface area contributed by atoms with Crippen LogP contribution in [0.15, 0.2) is 47.1 Å². The van der Waals surface area contributed by atoms with E-state index in [0.717, 1.165) is 0 Å². The maximum atomic E-state index is 12.3. The monoisotopic (exact) mass is 453 g/mol. The van der Waals surface area contributed by atoms with Gasteiger partial charge in [-0.3, -0.25) is 4.79 Å². The van der Waals surface area contributed by atoms with Crippen molar-refractivity contribution in [2.45, 2.75) is 26.0 Å². The van der Waals surface area contributed by atoms with Crippen LogP contribution in [0.3, 0.4) is 0 Å². The van der Waals surface area contributed by atoms with Gasteiger partial charge >= 0.3 is 5.97 Å². The Kier molecular flexibility index (Phi) is 6.66. The van der Waals surface area contributed by atoms with Crippen molar-refractivity contribution in [2.75, 3.05) is 11.1 Å². The van der Waals surface area contributed by atoms with E-state index in [0.29, 0.717) is 29.1 Å². The summed E-state index contributed by atoms with van der Waals surface area (Å²) < 4.78 is 0. The number of aliphatic carboxylic acids is 1. The number of carbonyl (C=O) groups is 2. The topological polar surface area (TPSA) is 207 Å². The van der Waals surface area contributed by atoms with Crippen LogP contribution in [0, 0.1) is 4.91 Å². The molecule has 170 valence electrons. The molecule has 2 aromatic heterocycles. The van der Waals surface area contributed by atoms with Gasteiger partial charge in [0, 0.05) is 11.3 Å². The van der Waals surface area contributed by atoms with E-state index in [-0.39, 0.29) is 11.5 Å². The molecule has 5 N–H and O–H groups in total. The Morgan fingerprint density at radius 1 is 1.15 bits per heavy atom. The van der Waals surface area contributed by atoms with Gasteiger partial charge < -0.3 is 21.0 Å². The summed E-state index contributed by atoms with van der Waals surface area (Å²) in [7, 11) is 0. The highest BCUT2D eigenvalue weighted by atomic mass is 16.7. The van der Waals surface area contributed by atoms with Gasteiger partial charge in [0.2, 0.25) is 5.95 Å². The van der Waals surface area contributed by atoms with Crippen LogP contribution < -0.4 is 16.5 Å². The van der Waals surface area contributed by atoms with Gasteiger partial charge in [-0.2, -0.15) is 10.1 Å². The minimum atomic E-state index is -1.64. The van der Waals surface area contributed by atoms with Gasteiger partial charge in [0.1, 0.15) is 5.52 Å². The lowest BCUT2D eigenvalue weighted by molar-refractivity contribution is -0.130. The highest BCUT2D eigenvalue weighted by Crippen LogP contribution is 2.14. The molecule has 0 fully saturated rings. The zero-order valence-corrected chi connectivity index (χ0v) is 17.5. The van der Waals surface area contributed by atoms with Gasteiger partial charge in [-0.25, -0.2) is 25.2 Å². The number of hydrogen-bond acceptors (Lipinski definition) is 12. The molecule has 0 spiro atoms. The second-order valence-electron chi connectivity index (χ2n) is 7.11. The lowest BCUT2D eigenvalue weighted by Crippen LogP contribution is -2.41. The standard InChI is InChI=1S/C19H19N9O5/c1-19(2,33-28-32)14(17(30)31)26-27-16(29)10-3-5-11(6-4-10)21-7-12-8-22-15-13(24-12)9-23-18(20)25-15/h3-6,8-9,21H,7H2,1-2H3,(H,27,29)(H,30,31)(H2,20,22,23,25). The zero-order valence-electron chi connectivity index (χ0n) is 17.5. The van der Waals surface area contributed by atoms with E-state index in [9.17, 15) is 19.6 Å². The number of nitrogen functional groups attached to an aromatic ring is 1. The quantitative estimate of drug-likeness (QED) is 0.206. The molecule has 3 aromatic rings. The minimum absolute atomic E-state index is 0.117. The summed E-state index contributed by atoms with van der Waals surface area (Å²) in [6.45, 7) is 2.90. The molecule has 0 aliphatic heterocycles. The summed E-state index contributed by atoms with van der Waals surface area (Å²) in [5.74, 6) is -2.02. The molecule has 1 amide bonds. The molecule has 14 heteroatoms. The first-order chi connectivity index (χ1) is 15.7. The highest BCUT2D eigenvalue weighted by molar-refractivity contribution is 6.38. The Hall–Kier alpha value is -4.75. The van der Waals surface area contributed by atoms with Crippen molar-refractivity contribution in [1.82, 2.24) is 25.4 Å². The van der Waals surface area contributed by atoms with Crippen molar-refractivity contribution in [3.05, 3.63) is 52.8 Å². The predicted octanol–water partition coefficient (Wildman–Crippen LogP) is 1.26. The molecule has 0 radical (unpaired) electrons. The van der Waals surface area contributed by atoms with Crippen molar-refractivity contribution >= 4 is 40.4 Å². The molecular weight excluding hydrogens is 434 g/mol. The van der Waals surface area contributed by atoms with E-state index in [1.807, 2.05) is 0 Å². The number of rotatable bonds is 9. The summed E-state index contributed by atoms with van der Waals surface area (Å²) in [6.07, 6.45) is 3.05. The number of aromatic nitrogens is 4. The van der Waals surface area contributed by atoms with E-state index in [2.05, 4.69) is 46.0 Å². The maximum absolute atomic E-state index is 12.3. The third-order valence-corrected chi connectivity index (χ3v) is 4.30. The van der Waals surface area contributed by atoms with E-state index < -0.39 is 23.2 Å². The first-order valence-electron chi connectivity index (χ1n) is 9.40. The lowest BCUT2D eigenvalue weighted by Gasteiger charge is -2.19. The van der Waals surface area contributed by atoms with Crippen LogP contribution in [0.1, 0.15) is 29.9 Å². The number of amides is 1. The Morgan fingerprint density at radius 3 is 2.55 bits per heavy atom. The average Bonchev–Trinajstić information content (AvgIpc) is 2.77. The number of nitrogens with zero attached hydrogens (tertiary/aromatic N) is 6. The first kappa shape index (κ1) is 22.9. The molecule has 0 bridgehead atoms. The fourth-order valence-corrected chi connectivity index (χ4v) is 2.64. The zero-order chi connectivity index (χ0) is 24.0. The molecule has 0 saturated carbocycles. The summed E-state index contributed by atoms with van der Waals surface area (Å²) >= 11 is 0. The van der Waals surface area contributed by atoms with Crippen LogP contribution in [0.5, 0.6) is 0 Å². The van der Waals surface area contributed by atoms with Crippen LogP contribution in [0.2, 0.25) is 0 Å². The number of nitrogens with two attached hydrogens (primary N) is 1. The van der Waals surface area contributed by atoms with E-state index in [1.54, 1.807) is 18.3 Å². The van der Waals surface area contributed by atoms with Gasteiger partial charge in [0.05, 0.1) is 24.6 Å². The second-order valence-corrected chi connectivity index (χ2v) is 7.11. The number of nitrogens with one attached hydrogen (secondary N) is 2. The molecule has 0 atom stereocenters. The molecule has 2 heterocycles. The van der Waals surface area contributed by atoms with Crippen LogP contribution in [0.25, 0.3) is 11.2 Å². The first-order valence-corrected chi connectivity index (χ1v) is 9.40. The van der Waals surface area contributed by atoms with Gasteiger partial charge in [-0.05, 0) is 38.1 Å². The number of carboxylic acid groups (broad SMARTS) is 1. The fourth-order valence-electron chi connectivity index (χ4n) is 2.64. The summed E-state index contributed by atoms with van der Waals surface area (Å²) in [5, 5.41) is 18.2. The SMILES string of the molecule is CC(C)(ON=O)C(=NNC(=O)c1ccc(NCc2cnc3nc(N)ncc3n2)cc1)C(=O)O. The van der Waals surface area contributed by atoms with Crippen LogP contribution in [0.4, 0.5) is 11.6 Å². The minimum Gasteiger partial charge on any atom is -0.477 e. The van der Waals surface area contributed by atoms with Crippen LogP contribution >= 0.6 is 0 Å². The van der Waals surface area contributed by atoms with Crippen molar-refractivity contribution in [3.63, 3.8) is 0 Å². The molecule has 3 rings (SSSR count). The summed E-state index contributed by atoms with van der Waals surface area (Å²) in [6, 6.07) is 6.34. The molecule has 14 nitrogen and oxygen atoms in total. The molecular formula is C19H19N9O5. The van der Waals surface area contributed by atoms with Gasteiger partial charge in [0.25, 0.3) is 5.91 Å². The van der Waals surface area contributed by atoms with Gasteiger partial charge in [-0.15, -0.1) is 4.91 Å². The third-order valence-electron chi connectivity index (χ3n) is 4.30. The fraction of sp³-hybridized carbons (Fsp3) is 0.211. The Bertz CT molecular complexity index is 1230. The van der Waals surface area contributed by atoms with Crippen molar-refractivity contribution in [2.24, 2.45) is 10.4 Å². The molecule has 1 aromatic carbocycles. The molecule has 0 unspecified atom stereocenters. The highest BCUT2D eigenvalue weighted by Gasteiger charge is 2.34. The third kappa shape index (κ3) is 5.69. The lowest BCUT2D eigenvalue weighted by atomic mass is 10.0. The van der Waals surface area contributed by atoms with Crippen molar-refractivity contribution in [1.29, 1.82) is 0 Å². The van der Waals surface area contributed by atoms with E-state index in [1.165, 1.54) is 32.2 Å². The smallest absolute Gasteiger partial charge is 0.356 e. The van der Waals surface area contributed by atoms with Crippen molar-refractivity contribution in [3.8, 4) is 0 Å². The number of carboxylic acids is 1. The molecule has 0 aliphatic carbocycles. The number of benzene rings is 1. The summed E-state index contributed by atoms with van der Waals surface area (Å²) in [4.78, 5) is 54.9. The van der Waals surface area contributed by atoms with E-state index in [4.69, 9.17) is 5.73 Å². The normalized spacial score (nSPS) is 11.6. The van der Waals surface area contributed by atoms with Crippen LogP contribution in [-0.4, -0.2) is 48.2 Å². The second kappa shape index (κ2) is 9.59. The Balaban J connectivity index is 1.63. The van der Waals surface area contributed by atoms with Gasteiger partial charge in [-0.1, -0.05) is 0 Å². The largest absolute Gasteiger partial charge is 0.477 e. The molecule has 33 heavy (non-hydrogen) atoms. The molecule has 0 saturated heterocycles. The van der Waals surface area contributed by atoms with Crippen molar-refractivity contribution < 1.29 is 19.5 Å². The number of carbonyl (C=O) groups excluding carboxylic acids is 1. The summed E-state index contributed by atoms with van der Waals surface area (Å²) in [5.41, 5.74) is 7.88. The Labute approximate surface area is 186 Å². The number of anilines is 2. The van der Waals surface area contributed by atoms with Crippen LogP contribution in [-0.2, 0) is 16.2 Å².